The van der Waals surface area contributed by atoms with Gasteiger partial charge in [0.05, 0.1) is 19.8 Å². The molecule has 1 N–H and O–H groups in total. The molecule has 2 rings (SSSR count). The van der Waals surface area contributed by atoms with Gasteiger partial charge in [0.15, 0.2) is 0 Å². The highest BCUT2D eigenvalue weighted by molar-refractivity contribution is 6.31. The van der Waals surface area contributed by atoms with E-state index in [-0.39, 0.29) is 6.10 Å². The zero-order valence-corrected chi connectivity index (χ0v) is 10.1. The quantitative estimate of drug-likeness (QED) is 0.877. The summed E-state index contributed by atoms with van der Waals surface area (Å²) in [7, 11) is 1.64. The summed E-state index contributed by atoms with van der Waals surface area (Å²) in [5.74, 6) is 0.788. The van der Waals surface area contributed by atoms with E-state index in [9.17, 15) is 0 Å². The van der Waals surface area contributed by atoms with Crippen molar-refractivity contribution >= 4 is 11.6 Å². The van der Waals surface area contributed by atoms with Crippen LogP contribution in [0.4, 0.5) is 0 Å². The first-order valence-corrected chi connectivity index (χ1v) is 5.82. The van der Waals surface area contributed by atoms with E-state index in [2.05, 4.69) is 5.32 Å². The molecule has 1 aromatic rings. The maximum absolute atomic E-state index is 6.17. The van der Waals surface area contributed by atoms with Gasteiger partial charge in [-0.15, -0.1) is 0 Å². The fourth-order valence-corrected chi connectivity index (χ4v) is 2.06. The Labute approximate surface area is 101 Å². The zero-order chi connectivity index (χ0) is 11.4. The summed E-state index contributed by atoms with van der Waals surface area (Å²) in [5.41, 5.74) is 1.11. The first kappa shape index (κ1) is 11.7. The number of benzene rings is 1. The molecule has 0 spiro atoms. The molecule has 4 heteroatoms. The van der Waals surface area contributed by atoms with Crippen LogP contribution in [0, 0.1) is 0 Å². The molecule has 88 valence electrons. The van der Waals surface area contributed by atoms with Crippen molar-refractivity contribution in [1.29, 1.82) is 0 Å². The zero-order valence-electron chi connectivity index (χ0n) is 9.33. The van der Waals surface area contributed by atoms with Crippen molar-refractivity contribution in [1.82, 2.24) is 5.32 Å². The van der Waals surface area contributed by atoms with E-state index in [4.69, 9.17) is 21.1 Å². The summed E-state index contributed by atoms with van der Waals surface area (Å²) >= 11 is 6.17. The monoisotopic (exact) mass is 241 g/mol. The molecule has 1 unspecified atom stereocenters. The minimum absolute atomic E-state index is 0.222. The molecule has 0 saturated carbocycles. The van der Waals surface area contributed by atoms with Gasteiger partial charge < -0.3 is 14.8 Å². The van der Waals surface area contributed by atoms with Crippen molar-refractivity contribution < 1.29 is 9.47 Å². The van der Waals surface area contributed by atoms with Crippen molar-refractivity contribution in [2.75, 3.05) is 26.8 Å². The molecule has 0 bridgehead atoms. The Hall–Kier alpha value is -0.770. The second-order valence-electron chi connectivity index (χ2n) is 3.86. The van der Waals surface area contributed by atoms with Crippen molar-refractivity contribution in [2.45, 2.75) is 12.5 Å². The van der Waals surface area contributed by atoms with E-state index in [0.29, 0.717) is 0 Å². The fraction of sp³-hybridized carbons (Fsp3) is 0.500. The third-order valence-corrected chi connectivity index (χ3v) is 3.06. The number of rotatable bonds is 3. The van der Waals surface area contributed by atoms with Gasteiger partial charge in [-0.3, -0.25) is 0 Å². The van der Waals surface area contributed by atoms with Crippen LogP contribution in [0.3, 0.4) is 0 Å². The number of ether oxygens (including phenoxy) is 2. The maximum Gasteiger partial charge on any atom is 0.120 e. The van der Waals surface area contributed by atoms with Crippen LogP contribution in [0.5, 0.6) is 5.75 Å². The predicted octanol–water partition coefficient (Wildman–Crippen LogP) is 1.88. The highest BCUT2D eigenvalue weighted by atomic mass is 35.5. The number of methoxy groups -OCH3 is 1. The van der Waals surface area contributed by atoms with Gasteiger partial charge in [-0.1, -0.05) is 17.7 Å². The van der Waals surface area contributed by atoms with Crippen LogP contribution in [0.2, 0.25) is 5.02 Å². The molecular weight excluding hydrogens is 226 g/mol. The van der Waals surface area contributed by atoms with E-state index < -0.39 is 0 Å². The van der Waals surface area contributed by atoms with Crippen LogP contribution in [0.15, 0.2) is 18.2 Å². The Kier molecular flexibility index (Phi) is 4.04. The molecule has 1 atom stereocenters. The summed E-state index contributed by atoms with van der Waals surface area (Å²) in [6, 6.07) is 5.77. The molecule has 3 nitrogen and oxygen atoms in total. The average molecular weight is 242 g/mol. The smallest absolute Gasteiger partial charge is 0.120 e. The molecule has 1 aliphatic rings. The minimum Gasteiger partial charge on any atom is -0.497 e. The van der Waals surface area contributed by atoms with Gasteiger partial charge in [0, 0.05) is 24.5 Å². The van der Waals surface area contributed by atoms with E-state index >= 15 is 0 Å². The normalized spacial score (nSPS) is 20.8. The number of morpholine rings is 1. The summed E-state index contributed by atoms with van der Waals surface area (Å²) < 4.78 is 10.8. The van der Waals surface area contributed by atoms with Gasteiger partial charge in [-0.2, -0.15) is 0 Å². The van der Waals surface area contributed by atoms with Gasteiger partial charge >= 0.3 is 0 Å². The SMILES string of the molecule is COc1ccc(CC2CNCCO2)c(Cl)c1. The second-order valence-corrected chi connectivity index (χ2v) is 4.27. The van der Waals surface area contributed by atoms with Crippen molar-refractivity contribution in [3.63, 3.8) is 0 Å². The van der Waals surface area contributed by atoms with Crippen LogP contribution in [0.25, 0.3) is 0 Å². The Morgan fingerprint density at radius 1 is 1.56 bits per heavy atom. The summed E-state index contributed by atoms with van der Waals surface area (Å²) in [4.78, 5) is 0. The Morgan fingerprint density at radius 3 is 3.06 bits per heavy atom. The van der Waals surface area contributed by atoms with Gasteiger partial charge in [-0.05, 0) is 17.7 Å². The Bertz CT molecular complexity index is 351. The highest BCUT2D eigenvalue weighted by Crippen LogP contribution is 2.24. The van der Waals surface area contributed by atoms with Crippen LogP contribution in [0.1, 0.15) is 5.56 Å². The number of hydrogen-bond acceptors (Lipinski definition) is 3. The standard InChI is InChI=1S/C12H16ClNO2/c1-15-10-3-2-9(12(13)7-10)6-11-8-14-4-5-16-11/h2-3,7,11,14H,4-6,8H2,1H3. The summed E-state index contributed by atoms with van der Waals surface area (Å²) in [6.45, 7) is 2.60. The molecule has 0 aromatic heterocycles. The second kappa shape index (κ2) is 5.53. The lowest BCUT2D eigenvalue weighted by molar-refractivity contribution is 0.0292. The maximum atomic E-state index is 6.17. The largest absolute Gasteiger partial charge is 0.497 e. The first-order chi connectivity index (χ1) is 7.79. The average Bonchev–Trinajstić information content (AvgIpc) is 2.33. The van der Waals surface area contributed by atoms with Crippen LogP contribution in [-0.2, 0) is 11.2 Å². The van der Waals surface area contributed by atoms with Crippen LogP contribution < -0.4 is 10.1 Å². The van der Waals surface area contributed by atoms with E-state index in [1.54, 1.807) is 7.11 Å². The Balaban J connectivity index is 2.03. The molecular formula is C12H16ClNO2. The van der Waals surface area contributed by atoms with Crippen LogP contribution in [-0.4, -0.2) is 32.9 Å². The molecule has 1 heterocycles. The van der Waals surface area contributed by atoms with Crippen molar-refractivity contribution in [2.24, 2.45) is 0 Å². The molecule has 1 saturated heterocycles. The van der Waals surface area contributed by atoms with Crippen molar-refractivity contribution in [3.05, 3.63) is 28.8 Å². The topological polar surface area (TPSA) is 30.5 Å². The Morgan fingerprint density at radius 2 is 2.44 bits per heavy atom. The number of nitrogens with one attached hydrogen (secondary N) is 1. The lowest BCUT2D eigenvalue weighted by Gasteiger charge is -2.24. The van der Waals surface area contributed by atoms with E-state index in [0.717, 1.165) is 42.5 Å². The van der Waals surface area contributed by atoms with Gasteiger partial charge in [0.2, 0.25) is 0 Å². The predicted molar refractivity (Wildman–Crippen MR) is 64.3 cm³/mol. The first-order valence-electron chi connectivity index (χ1n) is 5.44. The fourth-order valence-electron chi connectivity index (χ4n) is 1.82. The molecule has 0 radical (unpaired) electrons. The summed E-state index contributed by atoms with van der Waals surface area (Å²) in [6.07, 6.45) is 1.06. The highest BCUT2D eigenvalue weighted by Gasteiger charge is 2.15. The third-order valence-electron chi connectivity index (χ3n) is 2.71. The van der Waals surface area contributed by atoms with Gasteiger partial charge in [0.25, 0.3) is 0 Å². The van der Waals surface area contributed by atoms with E-state index in [1.165, 1.54) is 0 Å². The molecule has 1 fully saturated rings. The minimum atomic E-state index is 0.222. The molecule has 0 amide bonds. The third kappa shape index (κ3) is 2.88. The van der Waals surface area contributed by atoms with Crippen LogP contribution >= 0.6 is 11.6 Å². The molecule has 16 heavy (non-hydrogen) atoms. The lowest BCUT2D eigenvalue weighted by Crippen LogP contribution is -2.39. The van der Waals surface area contributed by atoms with E-state index in [1.807, 2.05) is 18.2 Å². The lowest BCUT2D eigenvalue weighted by atomic mass is 10.1. The van der Waals surface area contributed by atoms with Crippen molar-refractivity contribution in [3.8, 4) is 5.75 Å². The molecule has 1 aromatic carbocycles. The van der Waals surface area contributed by atoms with Gasteiger partial charge in [-0.25, -0.2) is 0 Å². The molecule has 0 aliphatic carbocycles. The molecule has 1 aliphatic heterocycles. The van der Waals surface area contributed by atoms with Gasteiger partial charge in [0.1, 0.15) is 5.75 Å². The number of hydrogen-bond donors (Lipinski definition) is 1. The summed E-state index contributed by atoms with van der Waals surface area (Å²) in [5, 5.41) is 4.05. The number of halogens is 1.